The summed E-state index contributed by atoms with van der Waals surface area (Å²) in [7, 11) is 1.51. The fraction of sp³-hybridized carbons (Fsp3) is 0.231. The molecule has 0 amide bonds. The molecule has 0 bridgehead atoms. The van der Waals surface area contributed by atoms with Crippen LogP contribution in [0.15, 0.2) is 30.3 Å². The number of ether oxygens (including phenoxy) is 1. The Hall–Kier alpha value is -1.30. The molecule has 0 radical (unpaired) electrons. The topological polar surface area (TPSA) is 41.5 Å². The minimum atomic E-state index is -0.168. The molecule has 1 aromatic heterocycles. The van der Waals surface area contributed by atoms with Gasteiger partial charge in [-0.05, 0) is 29.8 Å². The van der Waals surface area contributed by atoms with E-state index in [9.17, 15) is 9.50 Å². The number of hydrogen-bond acceptors (Lipinski definition) is 4. The first-order chi connectivity index (χ1) is 8.69. The number of hydrogen-bond donors (Lipinski definition) is 2. The molecule has 2 aromatic rings. The van der Waals surface area contributed by atoms with Gasteiger partial charge in [0.2, 0.25) is 0 Å². The van der Waals surface area contributed by atoms with Crippen LogP contribution in [0, 0.1) is 5.13 Å². The van der Waals surface area contributed by atoms with Gasteiger partial charge in [-0.1, -0.05) is 6.07 Å². The standard InChI is InChI=1S/C13H14FNO2S.ClH/c1-17-12-6-9(2-4-11(12)16)7-15-8-10-3-5-13(14)18-10;/h2-6,15-16H,7-8H2,1H3;1H. The molecule has 0 saturated carbocycles. The highest BCUT2D eigenvalue weighted by atomic mass is 35.5. The van der Waals surface area contributed by atoms with E-state index in [0.717, 1.165) is 21.8 Å². The van der Waals surface area contributed by atoms with Gasteiger partial charge in [0.05, 0.1) is 7.11 Å². The summed E-state index contributed by atoms with van der Waals surface area (Å²) < 4.78 is 17.8. The third kappa shape index (κ3) is 4.38. The van der Waals surface area contributed by atoms with Crippen LogP contribution in [0.4, 0.5) is 4.39 Å². The van der Waals surface area contributed by atoms with Gasteiger partial charge in [0, 0.05) is 18.0 Å². The second-order valence-electron chi connectivity index (χ2n) is 3.82. The average Bonchev–Trinajstić information content (AvgIpc) is 2.77. The third-order valence-corrected chi connectivity index (χ3v) is 3.38. The van der Waals surface area contributed by atoms with Gasteiger partial charge in [0.15, 0.2) is 16.6 Å². The lowest BCUT2D eigenvalue weighted by molar-refractivity contribution is 0.373. The molecule has 0 saturated heterocycles. The molecule has 6 heteroatoms. The Kier molecular flexibility index (Phi) is 6.08. The van der Waals surface area contributed by atoms with Crippen LogP contribution in [0.5, 0.6) is 11.5 Å². The average molecular weight is 304 g/mol. The number of phenolic OH excluding ortho intramolecular Hbond substituents is 1. The molecule has 1 aromatic carbocycles. The second kappa shape index (κ2) is 7.33. The summed E-state index contributed by atoms with van der Waals surface area (Å²) >= 11 is 1.14. The smallest absolute Gasteiger partial charge is 0.176 e. The van der Waals surface area contributed by atoms with Crippen molar-refractivity contribution in [3.05, 3.63) is 45.9 Å². The molecule has 0 unspecified atom stereocenters. The molecule has 2 rings (SSSR count). The van der Waals surface area contributed by atoms with Gasteiger partial charge < -0.3 is 15.2 Å². The van der Waals surface area contributed by atoms with Crippen LogP contribution in [0.1, 0.15) is 10.4 Å². The van der Waals surface area contributed by atoms with Crippen molar-refractivity contribution in [1.29, 1.82) is 0 Å². The summed E-state index contributed by atoms with van der Waals surface area (Å²) in [4.78, 5) is 0.957. The van der Waals surface area contributed by atoms with Crippen LogP contribution in [0.2, 0.25) is 0 Å². The minimum Gasteiger partial charge on any atom is -0.504 e. The van der Waals surface area contributed by atoms with Gasteiger partial charge in [-0.25, -0.2) is 0 Å². The fourth-order valence-electron chi connectivity index (χ4n) is 1.61. The van der Waals surface area contributed by atoms with Crippen LogP contribution in [0.3, 0.4) is 0 Å². The number of benzene rings is 1. The zero-order valence-electron chi connectivity index (χ0n) is 10.4. The highest BCUT2D eigenvalue weighted by molar-refractivity contribution is 7.10. The number of halogens is 2. The van der Waals surface area contributed by atoms with Crippen LogP contribution < -0.4 is 10.1 Å². The zero-order valence-corrected chi connectivity index (χ0v) is 12.0. The predicted molar refractivity (Wildman–Crippen MR) is 76.7 cm³/mol. The quantitative estimate of drug-likeness (QED) is 0.890. The Morgan fingerprint density at radius 1 is 1.26 bits per heavy atom. The Balaban J connectivity index is 0.00000180. The Bertz CT molecular complexity index is 533. The van der Waals surface area contributed by atoms with Gasteiger partial charge >= 0.3 is 0 Å². The van der Waals surface area contributed by atoms with E-state index in [1.807, 2.05) is 6.07 Å². The lowest BCUT2D eigenvalue weighted by Crippen LogP contribution is -2.11. The first-order valence-electron chi connectivity index (χ1n) is 5.50. The Morgan fingerprint density at radius 3 is 2.68 bits per heavy atom. The number of nitrogens with one attached hydrogen (secondary N) is 1. The predicted octanol–water partition coefficient (Wildman–Crippen LogP) is 3.31. The number of thiophene rings is 1. The highest BCUT2D eigenvalue weighted by Crippen LogP contribution is 2.26. The largest absolute Gasteiger partial charge is 0.504 e. The lowest BCUT2D eigenvalue weighted by Gasteiger charge is -2.07. The summed E-state index contributed by atoms with van der Waals surface area (Å²) in [6, 6.07) is 8.42. The van der Waals surface area contributed by atoms with E-state index >= 15 is 0 Å². The van der Waals surface area contributed by atoms with E-state index < -0.39 is 0 Å². The maximum absolute atomic E-state index is 12.8. The number of phenols is 1. The van der Waals surface area contributed by atoms with Crippen molar-refractivity contribution >= 4 is 23.7 Å². The minimum absolute atomic E-state index is 0. The van der Waals surface area contributed by atoms with Crippen LogP contribution in [-0.4, -0.2) is 12.2 Å². The van der Waals surface area contributed by atoms with Gasteiger partial charge in [0.25, 0.3) is 0 Å². The van der Waals surface area contributed by atoms with Crippen LogP contribution in [0.25, 0.3) is 0 Å². The molecule has 0 aliphatic carbocycles. The lowest BCUT2D eigenvalue weighted by atomic mass is 10.2. The summed E-state index contributed by atoms with van der Waals surface area (Å²) in [5.41, 5.74) is 1.00. The fourth-order valence-corrected chi connectivity index (χ4v) is 2.31. The van der Waals surface area contributed by atoms with Crippen molar-refractivity contribution in [1.82, 2.24) is 5.32 Å². The van der Waals surface area contributed by atoms with E-state index in [1.54, 1.807) is 18.2 Å². The zero-order chi connectivity index (χ0) is 13.0. The molecule has 0 aliphatic rings. The molecule has 0 aliphatic heterocycles. The molecule has 19 heavy (non-hydrogen) atoms. The number of rotatable bonds is 5. The molecule has 2 N–H and O–H groups in total. The number of methoxy groups -OCH3 is 1. The first kappa shape index (κ1) is 15.8. The van der Waals surface area contributed by atoms with Gasteiger partial charge in [0.1, 0.15) is 0 Å². The number of aromatic hydroxyl groups is 1. The van der Waals surface area contributed by atoms with Crippen molar-refractivity contribution in [2.24, 2.45) is 0 Å². The SMILES string of the molecule is COc1cc(CNCc2ccc(F)s2)ccc1O.Cl. The van der Waals surface area contributed by atoms with E-state index in [2.05, 4.69) is 5.32 Å². The molecule has 1 heterocycles. The van der Waals surface area contributed by atoms with E-state index in [1.165, 1.54) is 13.2 Å². The molecular formula is C13H15ClFNO2S. The molecular weight excluding hydrogens is 289 g/mol. The van der Waals surface area contributed by atoms with Crippen molar-refractivity contribution in [2.45, 2.75) is 13.1 Å². The van der Waals surface area contributed by atoms with Gasteiger partial charge in [-0.15, -0.1) is 23.7 Å². The van der Waals surface area contributed by atoms with E-state index in [4.69, 9.17) is 4.74 Å². The summed E-state index contributed by atoms with van der Waals surface area (Å²) in [6.07, 6.45) is 0. The Morgan fingerprint density at radius 2 is 2.05 bits per heavy atom. The maximum atomic E-state index is 12.8. The first-order valence-corrected chi connectivity index (χ1v) is 6.31. The molecule has 0 atom stereocenters. The van der Waals surface area contributed by atoms with Crippen LogP contribution >= 0.6 is 23.7 Å². The van der Waals surface area contributed by atoms with Gasteiger partial charge in [-0.2, -0.15) is 4.39 Å². The van der Waals surface area contributed by atoms with Crippen LogP contribution in [-0.2, 0) is 13.1 Å². The monoisotopic (exact) mass is 303 g/mol. The molecule has 3 nitrogen and oxygen atoms in total. The van der Waals surface area contributed by atoms with Gasteiger partial charge in [-0.3, -0.25) is 0 Å². The maximum Gasteiger partial charge on any atom is 0.176 e. The summed E-state index contributed by atoms with van der Waals surface area (Å²) in [6.45, 7) is 1.26. The van der Waals surface area contributed by atoms with E-state index in [0.29, 0.717) is 18.8 Å². The molecule has 0 fully saturated rings. The van der Waals surface area contributed by atoms with Crippen molar-refractivity contribution < 1.29 is 14.2 Å². The van der Waals surface area contributed by atoms with Crippen molar-refractivity contribution in [2.75, 3.05) is 7.11 Å². The van der Waals surface area contributed by atoms with Crippen molar-refractivity contribution in [3.63, 3.8) is 0 Å². The summed E-state index contributed by atoms with van der Waals surface area (Å²) in [5, 5.41) is 12.5. The summed E-state index contributed by atoms with van der Waals surface area (Å²) in [5.74, 6) is 0.582. The molecule has 104 valence electrons. The third-order valence-electron chi connectivity index (χ3n) is 2.50. The Labute approximate surface area is 121 Å². The second-order valence-corrected chi connectivity index (χ2v) is 4.93. The van der Waals surface area contributed by atoms with Crippen molar-refractivity contribution in [3.8, 4) is 11.5 Å². The highest BCUT2D eigenvalue weighted by Gasteiger charge is 2.03. The van der Waals surface area contributed by atoms with E-state index in [-0.39, 0.29) is 23.3 Å². The normalized spacial score (nSPS) is 10.0. The molecule has 0 spiro atoms.